The van der Waals surface area contributed by atoms with Crippen molar-refractivity contribution in [3.63, 3.8) is 0 Å². The van der Waals surface area contributed by atoms with Gasteiger partial charge in [-0.2, -0.15) is 0 Å². The van der Waals surface area contributed by atoms with Crippen molar-refractivity contribution >= 4 is 11.6 Å². The van der Waals surface area contributed by atoms with Gasteiger partial charge in [-0.1, -0.05) is 37.6 Å². The van der Waals surface area contributed by atoms with E-state index in [1.54, 1.807) is 0 Å². The maximum atomic E-state index is 6.06. The van der Waals surface area contributed by atoms with Gasteiger partial charge in [-0.05, 0) is 62.1 Å². The molecule has 1 aromatic rings. The molecule has 2 heteroatoms. The minimum Gasteiger partial charge on any atom is -0.307 e. The molecule has 19 heavy (non-hydrogen) atoms. The molecular weight excluding hydrogens is 254 g/mol. The molecule has 1 nitrogen and oxygen atoms in total. The van der Waals surface area contributed by atoms with Gasteiger partial charge in [0.15, 0.2) is 0 Å². The molecule has 1 atom stereocenters. The van der Waals surface area contributed by atoms with Gasteiger partial charge in [0.05, 0.1) is 0 Å². The highest BCUT2D eigenvalue weighted by atomic mass is 35.5. The van der Waals surface area contributed by atoms with E-state index in [-0.39, 0.29) is 0 Å². The van der Waals surface area contributed by atoms with Gasteiger partial charge >= 0.3 is 0 Å². The molecule has 1 unspecified atom stereocenters. The third-order valence-electron chi connectivity index (χ3n) is 4.55. The van der Waals surface area contributed by atoms with E-state index >= 15 is 0 Å². The summed E-state index contributed by atoms with van der Waals surface area (Å²) in [5.74, 6) is 1.77. The molecule has 0 aliphatic heterocycles. The van der Waals surface area contributed by atoms with Crippen LogP contribution in [0.5, 0.6) is 0 Å². The van der Waals surface area contributed by atoms with Crippen LogP contribution in [0.15, 0.2) is 24.3 Å². The van der Waals surface area contributed by atoms with Crippen LogP contribution in [0.2, 0.25) is 5.02 Å². The molecule has 106 valence electrons. The number of benzene rings is 1. The zero-order valence-corrected chi connectivity index (χ0v) is 13.1. The average molecular weight is 280 g/mol. The molecule has 1 aliphatic rings. The van der Waals surface area contributed by atoms with Crippen LogP contribution in [0, 0.1) is 11.8 Å². The first-order valence-corrected chi connectivity index (χ1v) is 7.95. The van der Waals surface area contributed by atoms with Crippen LogP contribution >= 0.6 is 11.6 Å². The van der Waals surface area contributed by atoms with Gasteiger partial charge in [0.25, 0.3) is 0 Å². The highest BCUT2D eigenvalue weighted by Crippen LogP contribution is 2.31. The Morgan fingerprint density at radius 1 is 1.11 bits per heavy atom. The Labute approximate surface area is 122 Å². The molecule has 0 spiro atoms. The fraction of sp³-hybridized carbons (Fsp3) is 0.647. The predicted molar refractivity (Wildman–Crippen MR) is 83.6 cm³/mol. The van der Waals surface area contributed by atoms with Crippen LogP contribution in [-0.4, -0.2) is 6.04 Å². The van der Waals surface area contributed by atoms with Gasteiger partial charge in [-0.3, -0.25) is 0 Å². The smallest absolute Gasteiger partial charge is 0.0409 e. The van der Waals surface area contributed by atoms with Gasteiger partial charge in [0.1, 0.15) is 0 Å². The zero-order chi connectivity index (χ0) is 13.8. The zero-order valence-electron chi connectivity index (χ0n) is 12.3. The molecule has 0 saturated heterocycles. The summed E-state index contributed by atoms with van der Waals surface area (Å²) in [6.07, 6.45) is 5.37. The van der Waals surface area contributed by atoms with Crippen LogP contribution < -0.4 is 5.32 Å². The van der Waals surface area contributed by atoms with Gasteiger partial charge in [-0.25, -0.2) is 0 Å². The van der Waals surface area contributed by atoms with Crippen molar-refractivity contribution in [3.8, 4) is 0 Å². The Kier molecular flexibility index (Phi) is 5.29. The number of hydrogen-bond donors (Lipinski definition) is 1. The fourth-order valence-electron chi connectivity index (χ4n) is 3.18. The van der Waals surface area contributed by atoms with E-state index in [2.05, 4.69) is 38.2 Å². The lowest BCUT2D eigenvalue weighted by Gasteiger charge is -2.33. The molecule has 1 N–H and O–H groups in total. The minimum atomic E-state index is 0.388. The molecule has 0 radical (unpaired) electrons. The predicted octanol–water partition coefficient (Wildman–Crippen LogP) is 5.21. The maximum absolute atomic E-state index is 6.06. The first-order valence-electron chi connectivity index (χ1n) is 7.57. The summed E-state index contributed by atoms with van der Waals surface area (Å²) in [6, 6.07) is 9.25. The van der Waals surface area contributed by atoms with Gasteiger partial charge < -0.3 is 5.32 Å². The van der Waals surface area contributed by atoms with Crippen molar-refractivity contribution in [2.45, 2.75) is 58.5 Å². The summed E-state index contributed by atoms with van der Waals surface area (Å²) >= 11 is 6.06. The molecule has 0 bridgehead atoms. The van der Waals surface area contributed by atoms with Crippen molar-refractivity contribution in [3.05, 3.63) is 34.9 Å². The van der Waals surface area contributed by atoms with E-state index in [9.17, 15) is 0 Å². The molecule has 0 heterocycles. The molecule has 0 amide bonds. The van der Waals surface area contributed by atoms with Crippen LogP contribution in [0.3, 0.4) is 0 Å². The Hall–Kier alpha value is -0.530. The molecule has 1 aromatic carbocycles. The summed E-state index contributed by atoms with van der Waals surface area (Å²) in [5, 5.41) is 4.59. The summed E-state index contributed by atoms with van der Waals surface area (Å²) in [5.41, 5.74) is 1.29. The first-order chi connectivity index (χ1) is 9.06. The highest BCUT2D eigenvalue weighted by Gasteiger charge is 2.24. The lowest BCUT2D eigenvalue weighted by atomic mass is 9.79. The topological polar surface area (TPSA) is 12.0 Å². The van der Waals surface area contributed by atoms with E-state index in [4.69, 9.17) is 11.6 Å². The van der Waals surface area contributed by atoms with Crippen LogP contribution in [0.1, 0.15) is 58.1 Å². The number of nitrogens with one attached hydrogen (secondary N) is 1. The van der Waals surface area contributed by atoms with Gasteiger partial charge in [0.2, 0.25) is 0 Å². The first kappa shape index (κ1) is 14.9. The van der Waals surface area contributed by atoms with Crippen LogP contribution in [0.25, 0.3) is 0 Å². The Morgan fingerprint density at radius 3 is 2.37 bits per heavy atom. The Balaban J connectivity index is 1.85. The maximum Gasteiger partial charge on any atom is 0.0409 e. The second-order valence-corrected chi connectivity index (χ2v) is 6.74. The largest absolute Gasteiger partial charge is 0.307 e. The third kappa shape index (κ3) is 4.22. The highest BCUT2D eigenvalue weighted by molar-refractivity contribution is 6.30. The Morgan fingerprint density at radius 2 is 1.79 bits per heavy atom. The lowest BCUT2D eigenvalue weighted by Crippen LogP contribution is -2.35. The SMILES string of the molecule is CC(NC1CCC(C(C)C)CC1)c1cccc(Cl)c1. The summed E-state index contributed by atoms with van der Waals surface area (Å²) in [6.45, 7) is 6.94. The molecule has 2 rings (SSSR count). The second-order valence-electron chi connectivity index (χ2n) is 6.30. The molecule has 1 saturated carbocycles. The van der Waals surface area contributed by atoms with Crippen molar-refractivity contribution in [1.29, 1.82) is 0 Å². The fourth-order valence-corrected chi connectivity index (χ4v) is 3.38. The lowest BCUT2D eigenvalue weighted by molar-refractivity contribution is 0.231. The minimum absolute atomic E-state index is 0.388. The van der Waals surface area contributed by atoms with E-state index in [1.807, 2.05) is 12.1 Å². The molecule has 1 fully saturated rings. The second kappa shape index (κ2) is 6.76. The van der Waals surface area contributed by atoms with E-state index < -0.39 is 0 Å². The quantitative estimate of drug-likeness (QED) is 0.798. The van der Waals surface area contributed by atoms with Crippen molar-refractivity contribution in [2.75, 3.05) is 0 Å². The summed E-state index contributed by atoms with van der Waals surface area (Å²) in [4.78, 5) is 0. The Bertz CT molecular complexity index is 394. The van der Waals surface area contributed by atoms with Crippen molar-refractivity contribution in [2.24, 2.45) is 11.8 Å². The number of hydrogen-bond acceptors (Lipinski definition) is 1. The normalized spacial score (nSPS) is 25.5. The van der Waals surface area contributed by atoms with E-state index in [1.165, 1.54) is 31.2 Å². The summed E-state index contributed by atoms with van der Waals surface area (Å²) < 4.78 is 0. The van der Waals surface area contributed by atoms with E-state index in [0.29, 0.717) is 12.1 Å². The molecular formula is C17H26ClN. The van der Waals surface area contributed by atoms with Gasteiger partial charge in [0, 0.05) is 17.1 Å². The molecule has 0 aromatic heterocycles. The van der Waals surface area contributed by atoms with Crippen molar-refractivity contribution < 1.29 is 0 Å². The standard InChI is InChI=1S/C17H26ClN/c1-12(2)14-7-9-17(10-8-14)19-13(3)15-5-4-6-16(18)11-15/h4-6,11-14,17,19H,7-10H2,1-3H3. The van der Waals surface area contributed by atoms with E-state index in [0.717, 1.165) is 16.9 Å². The number of rotatable bonds is 4. The average Bonchev–Trinajstić information content (AvgIpc) is 2.39. The third-order valence-corrected chi connectivity index (χ3v) is 4.78. The van der Waals surface area contributed by atoms with Crippen LogP contribution in [-0.2, 0) is 0 Å². The number of halogens is 1. The van der Waals surface area contributed by atoms with Crippen molar-refractivity contribution in [1.82, 2.24) is 5.32 Å². The summed E-state index contributed by atoms with van der Waals surface area (Å²) in [7, 11) is 0. The van der Waals surface area contributed by atoms with Crippen LogP contribution in [0.4, 0.5) is 0 Å². The molecule has 1 aliphatic carbocycles. The van der Waals surface area contributed by atoms with Gasteiger partial charge in [-0.15, -0.1) is 0 Å². The monoisotopic (exact) mass is 279 g/mol.